The van der Waals surface area contributed by atoms with Crippen molar-refractivity contribution in [2.45, 2.75) is 25.7 Å². The van der Waals surface area contributed by atoms with E-state index < -0.39 is 0 Å². The van der Waals surface area contributed by atoms with Crippen LogP contribution in [-0.2, 0) is 14.3 Å². The molecule has 1 aliphatic heterocycles. The number of ether oxygens (including phenoxy) is 4. The first-order valence-electron chi connectivity index (χ1n) is 9.84. The van der Waals surface area contributed by atoms with E-state index >= 15 is 0 Å². The van der Waals surface area contributed by atoms with E-state index in [0.717, 1.165) is 12.0 Å². The molecule has 8 heteroatoms. The molecule has 0 aromatic heterocycles. The molecule has 0 radical (unpaired) electrons. The average molecular weight is 408 g/mol. The van der Waals surface area contributed by atoms with E-state index in [9.17, 15) is 9.59 Å². The third-order valence-electron chi connectivity index (χ3n) is 5.25. The van der Waals surface area contributed by atoms with Gasteiger partial charge >= 0.3 is 0 Å². The average Bonchev–Trinajstić information content (AvgIpc) is 3.20. The van der Waals surface area contributed by atoms with Crippen LogP contribution < -0.4 is 19.5 Å². The van der Waals surface area contributed by atoms with Crippen molar-refractivity contribution in [3.63, 3.8) is 0 Å². The lowest BCUT2D eigenvalue weighted by Crippen LogP contribution is -2.36. The van der Waals surface area contributed by atoms with Gasteiger partial charge in [-0.15, -0.1) is 0 Å². The van der Waals surface area contributed by atoms with E-state index in [0.29, 0.717) is 49.9 Å². The van der Waals surface area contributed by atoms with E-state index in [1.54, 1.807) is 33.3 Å². The van der Waals surface area contributed by atoms with Crippen molar-refractivity contribution < 1.29 is 28.5 Å². The summed E-state index contributed by atoms with van der Waals surface area (Å²) in [7, 11) is 6.30. The number of carbonyl (C=O) groups excluding carboxylic acids is 2. The highest BCUT2D eigenvalue weighted by Crippen LogP contribution is 2.43. The first-order chi connectivity index (χ1) is 14.0. The maximum atomic E-state index is 12.9. The van der Waals surface area contributed by atoms with Gasteiger partial charge in [0.25, 0.3) is 0 Å². The number of hydrogen-bond acceptors (Lipinski definition) is 6. The molecule has 1 aromatic rings. The van der Waals surface area contributed by atoms with Crippen molar-refractivity contribution in [1.82, 2.24) is 10.2 Å². The van der Waals surface area contributed by atoms with Gasteiger partial charge in [0.1, 0.15) is 0 Å². The van der Waals surface area contributed by atoms with E-state index in [1.165, 1.54) is 0 Å². The van der Waals surface area contributed by atoms with E-state index in [2.05, 4.69) is 5.32 Å². The summed E-state index contributed by atoms with van der Waals surface area (Å²) in [6.07, 6.45) is 1.14. The summed E-state index contributed by atoms with van der Waals surface area (Å²) in [6, 6.07) is 3.72. The van der Waals surface area contributed by atoms with Gasteiger partial charge in [0, 0.05) is 45.7 Å². The van der Waals surface area contributed by atoms with Gasteiger partial charge in [-0.25, -0.2) is 0 Å². The Hall–Kier alpha value is -2.48. The molecule has 1 N–H and O–H groups in total. The quantitative estimate of drug-likeness (QED) is 0.595. The highest BCUT2D eigenvalue weighted by molar-refractivity contribution is 5.83. The second-order valence-electron chi connectivity index (χ2n) is 6.96. The lowest BCUT2D eigenvalue weighted by Gasteiger charge is -2.21. The molecule has 8 nitrogen and oxygen atoms in total. The molecule has 2 amide bonds. The Kier molecular flexibility index (Phi) is 8.57. The molecular weight excluding hydrogens is 376 g/mol. The molecule has 2 rings (SSSR count). The first-order valence-corrected chi connectivity index (χ1v) is 9.84. The summed E-state index contributed by atoms with van der Waals surface area (Å²) in [5, 5.41) is 2.97. The predicted octanol–water partition coefficient (Wildman–Crippen LogP) is 1.82. The fourth-order valence-corrected chi connectivity index (χ4v) is 3.71. The molecule has 1 aliphatic rings. The molecule has 0 bridgehead atoms. The monoisotopic (exact) mass is 408 g/mol. The molecule has 1 aromatic carbocycles. The zero-order valence-electron chi connectivity index (χ0n) is 17.9. The summed E-state index contributed by atoms with van der Waals surface area (Å²) < 4.78 is 21.4. The van der Waals surface area contributed by atoms with Crippen molar-refractivity contribution in [3.8, 4) is 17.2 Å². The second-order valence-corrected chi connectivity index (χ2v) is 6.96. The number of carbonyl (C=O) groups is 2. The molecule has 162 valence electrons. The highest BCUT2D eigenvalue weighted by atomic mass is 16.5. The molecule has 1 heterocycles. The van der Waals surface area contributed by atoms with Crippen LogP contribution in [0.4, 0.5) is 0 Å². The maximum absolute atomic E-state index is 12.9. The Morgan fingerprint density at radius 1 is 1.07 bits per heavy atom. The Bertz CT molecular complexity index is 683. The van der Waals surface area contributed by atoms with E-state index in [-0.39, 0.29) is 23.7 Å². The Balaban J connectivity index is 2.32. The van der Waals surface area contributed by atoms with Gasteiger partial charge in [0.05, 0.1) is 27.2 Å². The number of nitrogens with zero attached hydrogens (tertiary/aromatic N) is 1. The maximum Gasteiger partial charge on any atom is 0.225 e. The van der Waals surface area contributed by atoms with Crippen LogP contribution in [0.1, 0.15) is 31.2 Å². The molecule has 0 spiro atoms. The van der Waals surface area contributed by atoms with Gasteiger partial charge in [-0.3, -0.25) is 9.59 Å². The lowest BCUT2D eigenvalue weighted by atomic mass is 9.88. The SMILES string of the molecule is CCC(=O)N1C[C@@H](C(=O)NCCCOC)[C@H](c2cc(OC)c(OC)c(OC)c2)C1. The number of hydrogen-bond donors (Lipinski definition) is 1. The Labute approximate surface area is 172 Å². The summed E-state index contributed by atoms with van der Waals surface area (Å²) in [6.45, 7) is 3.81. The minimum atomic E-state index is -0.351. The number of likely N-dealkylation sites (tertiary alicyclic amines) is 1. The van der Waals surface area contributed by atoms with Crippen LogP contribution in [0.2, 0.25) is 0 Å². The lowest BCUT2D eigenvalue weighted by molar-refractivity contribution is -0.130. The fraction of sp³-hybridized carbons (Fsp3) is 0.619. The summed E-state index contributed by atoms with van der Waals surface area (Å²) in [4.78, 5) is 27.0. The molecule has 0 saturated carbocycles. The zero-order valence-corrected chi connectivity index (χ0v) is 17.9. The standard InChI is InChI=1S/C21H32N2O6/c1-6-19(24)23-12-15(16(13-23)21(25)22-8-7-9-26-2)14-10-17(27-3)20(29-5)18(11-14)28-4/h10-11,15-16H,6-9,12-13H2,1-5H3,(H,22,25)/t15-,16+/m0/s1. The van der Waals surface area contributed by atoms with Crippen LogP contribution in [0.5, 0.6) is 17.2 Å². The predicted molar refractivity (Wildman–Crippen MR) is 109 cm³/mol. The zero-order chi connectivity index (χ0) is 21.4. The first kappa shape index (κ1) is 22.8. The normalized spacial score (nSPS) is 18.4. The summed E-state index contributed by atoms with van der Waals surface area (Å²) in [5.74, 6) is 1.02. The third-order valence-corrected chi connectivity index (χ3v) is 5.25. The van der Waals surface area contributed by atoms with Crippen molar-refractivity contribution in [1.29, 1.82) is 0 Å². The number of nitrogens with one attached hydrogen (secondary N) is 1. The summed E-state index contributed by atoms with van der Waals surface area (Å²) >= 11 is 0. The van der Waals surface area contributed by atoms with Crippen LogP contribution in [0.25, 0.3) is 0 Å². The van der Waals surface area contributed by atoms with Gasteiger partial charge in [0.15, 0.2) is 11.5 Å². The number of amides is 2. The topological polar surface area (TPSA) is 86.3 Å². The molecule has 1 saturated heterocycles. The largest absolute Gasteiger partial charge is 0.493 e. The van der Waals surface area contributed by atoms with Crippen LogP contribution in [0.3, 0.4) is 0 Å². The van der Waals surface area contributed by atoms with Crippen molar-refractivity contribution in [3.05, 3.63) is 17.7 Å². The molecule has 29 heavy (non-hydrogen) atoms. The number of rotatable bonds is 10. The van der Waals surface area contributed by atoms with Crippen molar-refractivity contribution in [2.24, 2.45) is 5.92 Å². The third kappa shape index (κ3) is 5.32. The van der Waals surface area contributed by atoms with Crippen LogP contribution in [0.15, 0.2) is 12.1 Å². The van der Waals surface area contributed by atoms with Crippen LogP contribution in [-0.4, -0.2) is 71.4 Å². The molecule has 0 unspecified atom stereocenters. The number of methoxy groups -OCH3 is 4. The Morgan fingerprint density at radius 2 is 1.72 bits per heavy atom. The molecule has 1 fully saturated rings. The van der Waals surface area contributed by atoms with Gasteiger partial charge in [-0.1, -0.05) is 6.92 Å². The highest BCUT2D eigenvalue weighted by Gasteiger charge is 2.40. The molecule has 0 aliphatic carbocycles. The van der Waals surface area contributed by atoms with E-state index in [4.69, 9.17) is 18.9 Å². The summed E-state index contributed by atoms with van der Waals surface area (Å²) in [5.41, 5.74) is 0.878. The van der Waals surface area contributed by atoms with Crippen molar-refractivity contribution >= 4 is 11.8 Å². The second kappa shape index (κ2) is 10.9. The number of benzene rings is 1. The van der Waals surface area contributed by atoms with Crippen LogP contribution in [0, 0.1) is 5.92 Å². The minimum absolute atomic E-state index is 0.0390. The van der Waals surface area contributed by atoms with Crippen LogP contribution >= 0.6 is 0 Å². The minimum Gasteiger partial charge on any atom is -0.493 e. The molecule has 2 atom stereocenters. The fourth-order valence-electron chi connectivity index (χ4n) is 3.71. The van der Waals surface area contributed by atoms with Gasteiger partial charge in [-0.05, 0) is 24.1 Å². The van der Waals surface area contributed by atoms with Crippen molar-refractivity contribution in [2.75, 3.05) is 54.7 Å². The van der Waals surface area contributed by atoms with Gasteiger partial charge in [0.2, 0.25) is 17.6 Å². The molecular formula is C21H32N2O6. The van der Waals surface area contributed by atoms with E-state index in [1.807, 2.05) is 19.1 Å². The van der Waals surface area contributed by atoms with Gasteiger partial charge in [-0.2, -0.15) is 0 Å². The van der Waals surface area contributed by atoms with Gasteiger partial charge < -0.3 is 29.2 Å². The smallest absolute Gasteiger partial charge is 0.225 e. The Morgan fingerprint density at radius 3 is 2.24 bits per heavy atom.